The molecule has 1 aromatic rings. The van der Waals surface area contributed by atoms with Crippen LogP contribution in [0.2, 0.25) is 0 Å². The Bertz CT molecular complexity index is 714. The monoisotopic (exact) mass is 300 g/mol. The molecule has 0 fully saturated rings. The molecule has 0 unspecified atom stereocenters. The van der Waals surface area contributed by atoms with Crippen molar-refractivity contribution in [3.8, 4) is 11.9 Å². The predicted octanol–water partition coefficient (Wildman–Crippen LogP) is 2.64. The van der Waals surface area contributed by atoms with Gasteiger partial charge in [0.1, 0.15) is 17.2 Å². The first-order valence-corrected chi connectivity index (χ1v) is 6.78. The molecule has 0 amide bonds. The molecule has 7 heteroatoms. The molecule has 0 saturated carbocycles. The number of hydrogen-bond acceptors (Lipinski definition) is 5. The highest BCUT2D eigenvalue weighted by atomic mass is 16.6. The summed E-state index contributed by atoms with van der Waals surface area (Å²) < 4.78 is 5.83. The number of hydrogen-bond donors (Lipinski definition) is 1. The lowest BCUT2D eigenvalue weighted by Gasteiger charge is -2.31. The van der Waals surface area contributed by atoms with E-state index in [1.165, 1.54) is 12.1 Å². The highest BCUT2D eigenvalue weighted by molar-refractivity contribution is 6.24. The SMILES string of the molecule is CCN=C(NC#N)C1=CC(C)(C)Oc2ccc([N+](=O)[O-])cc21. The van der Waals surface area contributed by atoms with Gasteiger partial charge in [-0.25, -0.2) is 0 Å². The minimum atomic E-state index is -0.607. The summed E-state index contributed by atoms with van der Waals surface area (Å²) in [5, 5.41) is 22.4. The zero-order valence-corrected chi connectivity index (χ0v) is 12.6. The third-order valence-electron chi connectivity index (χ3n) is 3.07. The number of nitro groups is 1. The number of benzene rings is 1. The summed E-state index contributed by atoms with van der Waals surface area (Å²) in [5.41, 5.74) is 0.520. The molecule has 1 aromatic carbocycles. The van der Waals surface area contributed by atoms with E-state index in [1.54, 1.807) is 12.1 Å². The topological polar surface area (TPSA) is 101 Å². The second-order valence-electron chi connectivity index (χ2n) is 5.26. The zero-order valence-electron chi connectivity index (χ0n) is 12.6. The molecule has 7 nitrogen and oxygen atoms in total. The van der Waals surface area contributed by atoms with Crippen LogP contribution in [-0.4, -0.2) is 22.9 Å². The fraction of sp³-hybridized carbons (Fsp3) is 0.333. The minimum absolute atomic E-state index is 0.0410. The van der Waals surface area contributed by atoms with E-state index in [4.69, 9.17) is 10.00 Å². The molecule has 1 aliphatic heterocycles. The maximum absolute atomic E-state index is 11.0. The standard InChI is InChI=1S/C15H16N4O3/c1-4-17-14(18-9-16)12-8-15(2,3)22-13-6-5-10(19(20)21)7-11(12)13/h5-8H,4H2,1-3H3,(H,17,18). The summed E-state index contributed by atoms with van der Waals surface area (Å²) in [6.07, 6.45) is 3.65. The third kappa shape index (κ3) is 3.06. The fourth-order valence-corrected chi connectivity index (χ4v) is 2.27. The summed E-state index contributed by atoms with van der Waals surface area (Å²) in [5.74, 6) is 0.903. The van der Waals surface area contributed by atoms with Gasteiger partial charge in [-0.05, 0) is 32.9 Å². The van der Waals surface area contributed by atoms with E-state index < -0.39 is 10.5 Å². The van der Waals surface area contributed by atoms with Crippen molar-refractivity contribution in [3.63, 3.8) is 0 Å². The van der Waals surface area contributed by atoms with Gasteiger partial charge >= 0.3 is 0 Å². The number of amidine groups is 1. The number of nitrogens with zero attached hydrogens (tertiary/aromatic N) is 3. The van der Waals surface area contributed by atoms with Crippen LogP contribution in [0.4, 0.5) is 5.69 Å². The third-order valence-corrected chi connectivity index (χ3v) is 3.07. The van der Waals surface area contributed by atoms with Gasteiger partial charge in [0.15, 0.2) is 6.19 Å². The lowest BCUT2D eigenvalue weighted by molar-refractivity contribution is -0.384. The second-order valence-corrected chi connectivity index (χ2v) is 5.26. The van der Waals surface area contributed by atoms with Crippen LogP contribution in [0.5, 0.6) is 5.75 Å². The van der Waals surface area contributed by atoms with Gasteiger partial charge in [-0.3, -0.25) is 20.4 Å². The van der Waals surface area contributed by atoms with Crippen LogP contribution in [0.15, 0.2) is 29.3 Å². The molecular formula is C15H16N4O3. The van der Waals surface area contributed by atoms with E-state index in [0.717, 1.165) is 0 Å². The molecule has 0 radical (unpaired) electrons. The molecule has 0 saturated heterocycles. The van der Waals surface area contributed by atoms with Gasteiger partial charge in [0.25, 0.3) is 5.69 Å². The average Bonchev–Trinajstić information content (AvgIpc) is 2.44. The van der Waals surface area contributed by atoms with Crippen LogP contribution in [0.25, 0.3) is 5.57 Å². The van der Waals surface area contributed by atoms with Gasteiger partial charge < -0.3 is 4.74 Å². The van der Waals surface area contributed by atoms with Gasteiger partial charge in [0, 0.05) is 29.8 Å². The Kier molecular flexibility index (Phi) is 4.13. The number of rotatable bonds is 3. The minimum Gasteiger partial charge on any atom is -0.483 e. The van der Waals surface area contributed by atoms with Crippen LogP contribution in [0, 0.1) is 21.6 Å². The van der Waals surface area contributed by atoms with Gasteiger partial charge in [-0.15, -0.1) is 0 Å². The molecule has 1 aliphatic rings. The van der Waals surface area contributed by atoms with E-state index >= 15 is 0 Å². The van der Waals surface area contributed by atoms with E-state index in [1.807, 2.05) is 27.0 Å². The van der Waals surface area contributed by atoms with Crippen molar-refractivity contribution in [3.05, 3.63) is 40.0 Å². The molecule has 0 atom stereocenters. The van der Waals surface area contributed by atoms with Crippen LogP contribution in [0.1, 0.15) is 26.3 Å². The molecule has 0 aromatic heterocycles. The Morgan fingerprint density at radius 1 is 1.55 bits per heavy atom. The second kappa shape index (κ2) is 5.85. The number of nitro benzene ring substituents is 1. The van der Waals surface area contributed by atoms with Crippen molar-refractivity contribution in [2.45, 2.75) is 26.4 Å². The summed E-state index contributed by atoms with van der Waals surface area (Å²) in [7, 11) is 0. The molecule has 2 rings (SSSR count). The van der Waals surface area contributed by atoms with Crippen molar-refractivity contribution in [1.82, 2.24) is 5.32 Å². The van der Waals surface area contributed by atoms with Crippen molar-refractivity contribution in [1.29, 1.82) is 5.26 Å². The molecule has 1 N–H and O–H groups in total. The Morgan fingerprint density at radius 2 is 2.27 bits per heavy atom. The normalized spacial score (nSPS) is 15.9. The van der Waals surface area contributed by atoms with E-state index in [2.05, 4.69) is 10.3 Å². The van der Waals surface area contributed by atoms with Crippen LogP contribution >= 0.6 is 0 Å². The van der Waals surface area contributed by atoms with Crippen molar-refractivity contribution in [2.75, 3.05) is 6.54 Å². The smallest absolute Gasteiger partial charge is 0.270 e. The van der Waals surface area contributed by atoms with Crippen molar-refractivity contribution < 1.29 is 9.66 Å². The average molecular weight is 300 g/mol. The largest absolute Gasteiger partial charge is 0.483 e. The van der Waals surface area contributed by atoms with Crippen LogP contribution < -0.4 is 10.1 Å². The van der Waals surface area contributed by atoms with Gasteiger partial charge in [-0.2, -0.15) is 5.26 Å². The Hall–Kier alpha value is -2.88. The number of non-ortho nitro benzene ring substituents is 1. The summed E-state index contributed by atoms with van der Waals surface area (Å²) in [6.45, 7) is 6.06. The highest BCUT2D eigenvalue weighted by Crippen LogP contribution is 2.38. The Balaban J connectivity index is 2.63. The van der Waals surface area contributed by atoms with E-state index in [9.17, 15) is 10.1 Å². The number of ether oxygens (including phenoxy) is 1. The molecule has 0 spiro atoms. The molecular weight excluding hydrogens is 284 g/mol. The van der Waals surface area contributed by atoms with Gasteiger partial charge in [-0.1, -0.05) is 0 Å². The molecule has 0 bridgehead atoms. The van der Waals surface area contributed by atoms with Crippen LogP contribution in [0.3, 0.4) is 0 Å². The maximum atomic E-state index is 11.0. The van der Waals surface area contributed by atoms with Gasteiger partial charge in [0.2, 0.25) is 0 Å². The van der Waals surface area contributed by atoms with Crippen LogP contribution in [-0.2, 0) is 0 Å². The summed E-state index contributed by atoms with van der Waals surface area (Å²) in [6, 6.07) is 4.39. The lowest BCUT2D eigenvalue weighted by Crippen LogP contribution is -2.32. The molecule has 1 heterocycles. The first-order valence-electron chi connectivity index (χ1n) is 6.78. The molecule has 0 aliphatic carbocycles. The lowest BCUT2D eigenvalue weighted by atomic mass is 9.93. The fourth-order valence-electron chi connectivity index (χ4n) is 2.27. The highest BCUT2D eigenvalue weighted by Gasteiger charge is 2.30. The quantitative estimate of drug-likeness (QED) is 0.231. The predicted molar refractivity (Wildman–Crippen MR) is 82.5 cm³/mol. The van der Waals surface area contributed by atoms with Gasteiger partial charge in [0.05, 0.1) is 4.92 Å². The number of nitriles is 1. The van der Waals surface area contributed by atoms with E-state index in [0.29, 0.717) is 29.3 Å². The Morgan fingerprint density at radius 3 is 2.86 bits per heavy atom. The zero-order chi connectivity index (χ0) is 16.3. The Labute approximate surface area is 128 Å². The summed E-state index contributed by atoms with van der Waals surface area (Å²) in [4.78, 5) is 14.8. The molecule has 22 heavy (non-hydrogen) atoms. The summed E-state index contributed by atoms with van der Waals surface area (Å²) >= 11 is 0. The van der Waals surface area contributed by atoms with E-state index in [-0.39, 0.29) is 5.69 Å². The number of fused-ring (bicyclic) bond motifs is 1. The van der Waals surface area contributed by atoms with Crippen molar-refractivity contribution in [2.24, 2.45) is 4.99 Å². The number of nitrogens with one attached hydrogen (secondary N) is 1. The number of aliphatic imine (C=N–C) groups is 1. The van der Waals surface area contributed by atoms with Crippen molar-refractivity contribution >= 4 is 17.1 Å². The molecule has 114 valence electrons. The first-order chi connectivity index (χ1) is 10.4. The maximum Gasteiger partial charge on any atom is 0.270 e. The first kappa shape index (κ1) is 15.5.